The fraction of sp³-hybridized carbons (Fsp3) is 0.782. The summed E-state index contributed by atoms with van der Waals surface area (Å²) >= 11 is 0. The van der Waals surface area contributed by atoms with Gasteiger partial charge in [-0.25, -0.2) is 0 Å². The summed E-state index contributed by atoms with van der Waals surface area (Å²) < 4.78 is 33.6. The second-order valence-corrected chi connectivity index (χ2v) is 18.7. The van der Waals surface area contributed by atoms with Crippen LogP contribution in [0.1, 0.15) is 181 Å². The number of ether oxygens (including phenoxy) is 6. The van der Waals surface area contributed by atoms with E-state index in [9.17, 15) is 45.3 Å². The first-order chi connectivity index (χ1) is 34.0. The van der Waals surface area contributed by atoms with Crippen LogP contribution >= 0.6 is 0 Å². The van der Waals surface area contributed by atoms with Gasteiger partial charge in [-0.3, -0.25) is 9.59 Å². The highest BCUT2D eigenvalue weighted by molar-refractivity contribution is 5.70. The molecule has 15 nitrogen and oxygen atoms in total. The largest absolute Gasteiger partial charge is 0.462 e. The smallest absolute Gasteiger partial charge is 0.306 e. The van der Waals surface area contributed by atoms with Gasteiger partial charge in [-0.2, -0.15) is 0 Å². The molecule has 7 N–H and O–H groups in total. The highest BCUT2D eigenvalue weighted by Crippen LogP contribution is 2.26. The number of carbonyl (C=O) groups is 2. The fourth-order valence-corrected chi connectivity index (χ4v) is 8.03. The van der Waals surface area contributed by atoms with Crippen molar-refractivity contribution in [3.05, 3.63) is 60.8 Å². The number of esters is 2. The molecule has 2 aliphatic rings. The lowest BCUT2D eigenvalue weighted by Gasteiger charge is -2.42. The van der Waals surface area contributed by atoms with Gasteiger partial charge in [0.05, 0.1) is 19.8 Å². The second-order valence-electron chi connectivity index (χ2n) is 18.7. The van der Waals surface area contributed by atoms with Crippen LogP contribution < -0.4 is 0 Å². The summed E-state index contributed by atoms with van der Waals surface area (Å²) in [5, 5.41) is 72.1. The van der Waals surface area contributed by atoms with E-state index in [2.05, 4.69) is 74.6 Å². The number of carbonyl (C=O) groups excluding carboxylic acids is 2. The van der Waals surface area contributed by atoms with Crippen molar-refractivity contribution in [1.29, 1.82) is 0 Å². The van der Waals surface area contributed by atoms with Gasteiger partial charge in [0.1, 0.15) is 55.4 Å². The first kappa shape index (κ1) is 63.3. The van der Waals surface area contributed by atoms with E-state index < -0.39 is 99.3 Å². The molecule has 11 atom stereocenters. The third-order valence-electron chi connectivity index (χ3n) is 12.4. The summed E-state index contributed by atoms with van der Waals surface area (Å²) in [7, 11) is 0. The molecular weight excluding hydrogens is 901 g/mol. The standard InChI is InChI=1S/C55H94O15/c1-3-5-7-9-11-13-15-17-19-21-23-25-27-29-31-33-35-37-46(57)65-40-43(68-47(58)38-36-34-32-30-28-26-24-22-20-18-16-14-12-10-8-6-4-2)41-66-54-53(64)51(62)49(60)45(70-54)42-67-55-52(63)50(61)48(59)44(39-56)69-55/h7,9,13,15,18-21,25,27,43-45,48-56,59-64H,3-6,8,10-12,14,16-17,22-24,26,28-42H2,1-2H3/b9-7+,15-13+,20-18+,21-19+,27-25+/t43-,44+,45+,48-,49-,50?,51?,52?,53?,54+,55+/m0/s1. The fourth-order valence-electron chi connectivity index (χ4n) is 8.03. The maximum Gasteiger partial charge on any atom is 0.306 e. The van der Waals surface area contributed by atoms with Crippen LogP contribution in [0.25, 0.3) is 0 Å². The van der Waals surface area contributed by atoms with Gasteiger partial charge in [0.25, 0.3) is 0 Å². The van der Waals surface area contributed by atoms with Gasteiger partial charge in [0, 0.05) is 12.8 Å². The summed E-state index contributed by atoms with van der Waals surface area (Å²) in [4.78, 5) is 25.8. The highest BCUT2D eigenvalue weighted by atomic mass is 16.7. The van der Waals surface area contributed by atoms with Crippen LogP contribution in [0, 0.1) is 0 Å². The van der Waals surface area contributed by atoms with Crippen molar-refractivity contribution in [3.8, 4) is 0 Å². The Bertz CT molecular complexity index is 1450. The Morgan fingerprint density at radius 3 is 1.43 bits per heavy atom. The van der Waals surface area contributed by atoms with Crippen LogP contribution in [0.4, 0.5) is 0 Å². The molecule has 2 rings (SSSR count). The summed E-state index contributed by atoms with van der Waals surface area (Å²) in [6, 6.07) is 0. The van der Waals surface area contributed by atoms with E-state index in [-0.39, 0.29) is 19.4 Å². The van der Waals surface area contributed by atoms with Crippen LogP contribution in [0.2, 0.25) is 0 Å². The number of rotatable bonds is 41. The molecule has 0 saturated carbocycles. The van der Waals surface area contributed by atoms with Crippen molar-refractivity contribution in [2.24, 2.45) is 0 Å². The van der Waals surface area contributed by atoms with E-state index in [0.717, 1.165) is 77.0 Å². The Morgan fingerprint density at radius 2 is 0.886 bits per heavy atom. The zero-order valence-corrected chi connectivity index (χ0v) is 42.7. The molecule has 2 heterocycles. The lowest BCUT2D eigenvalue weighted by molar-refractivity contribution is -0.332. The number of allylic oxidation sites excluding steroid dienone is 10. The number of aliphatic hydroxyl groups excluding tert-OH is 7. The molecule has 15 heteroatoms. The van der Waals surface area contributed by atoms with E-state index in [4.69, 9.17) is 28.4 Å². The minimum Gasteiger partial charge on any atom is -0.462 e. The number of hydrogen-bond donors (Lipinski definition) is 7. The molecule has 0 radical (unpaired) electrons. The Hall–Kier alpha value is -2.80. The normalized spacial score (nSPS) is 25.8. The summed E-state index contributed by atoms with van der Waals surface area (Å²) in [6.45, 7) is 2.48. The molecule has 0 spiro atoms. The molecule has 0 amide bonds. The quantitative estimate of drug-likeness (QED) is 0.0175. The molecule has 0 aromatic rings. The first-order valence-corrected chi connectivity index (χ1v) is 26.9. The minimum absolute atomic E-state index is 0.151. The molecule has 0 aliphatic carbocycles. The van der Waals surface area contributed by atoms with Crippen molar-refractivity contribution in [3.63, 3.8) is 0 Å². The van der Waals surface area contributed by atoms with Gasteiger partial charge >= 0.3 is 11.9 Å². The molecule has 0 aromatic carbocycles. The van der Waals surface area contributed by atoms with Crippen LogP contribution in [0.5, 0.6) is 0 Å². The monoisotopic (exact) mass is 995 g/mol. The Morgan fingerprint density at radius 1 is 0.457 bits per heavy atom. The van der Waals surface area contributed by atoms with E-state index in [0.29, 0.717) is 12.8 Å². The summed E-state index contributed by atoms with van der Waals surface area (Å²) in [5.74, 6) is -0.968. The van der Waals surface area contributed by atoms with Crippen LogP contribution in [-0.4, -0.2) is 142 Å². The van der Waals surface area contributed by atoms with E-state index >= 15 is 0 Å². The third-order valence-corrected chi connectivity index (χ3v) is 12.4. The average Bonchev–Trinajstić information content (AvgIpc) is 3.35. The van der Waals surface area contributed by atoms with E-state index in [1.165, 1.54) is 64.2 Å². The molecule has 2 saturated heterocycles. The van der Waals surface area contributed by atoms with Crippen LogP contribution in [-0.2, 0) is 38.0 Å². The lowest BCUT2D eigenvalue weighted by Crippen LogP contribution is -2.61. The van der Waals surface area contributed by atoms with E-state index in [1.807, 2.05) is 0 Å². The maximum absolute atomic E-state index is 13.0. The molecule has 404 valence electrons. The molecule has 4 unspecified atom stereocenters. The van der Waals surface area contributed by atoms with Crippen molar-refractivity contribution < 1.29 is 73.8 Å². The van der Waals surface area contributed by atoms with E-state index in [1.54, 1.807) is 0 Å². The van der Waals surface area contributed by atoms with Gasteiger partial charge < -0.3 is 64.2 Å². The minimum atomic E-state index is -1.77. The average molecular weight is 995 g/mol. The van der Waals surface area contributed by atoms with Crippen molar-refractivity contribution in [1.82, 2.24) is 0 Å². The van der Waals surface area contributed by atoms with Gasteiger partial charge in [-0.1, -0.05) is 152 Å². The Kier molecular flexibility index (Phi) is 37.7. The van der Waals surface area contributed by atoms with Crippen molar-refractivity contribution in [2.75, 3.05) is 26.4 Å². The van der Waals surface area contributed by atoms with Crippen molar-refractivity contribution in [2.45, 2.75) is 248 Å². The zero-order chi connectivity index (χ0) is 51.0. The van der Waals surface area contributed by atoms with Gasteiger partial charge in [0.2, 0.25) is 0 Å². The summed E-state index contributed by atoms with van der Waals surface area (Å²) in [5.41, 5.74) is 0. The third kappa shape index (κ3) is 29.0. The Balaban J connectivity index is 1.81. The molecule has 70 heavy (non-hydrogen) atoms. The molecular formula is C55H94O15. The molecule has 0 bridgehead atoms. The predicted molar refractivity (Wildman–Crippen MR) is 270 cm³/mol. The number of aliphatic hydroxyl groups is 7. The lowest BCUT2D eigenvalue weighted by atomic mass is 9.98. The molecule has 2 fully saturated rings. The summed E-state index contributed by atoms with van der Waals surface area (Å²) in [6.07, 6.45) is 31.0. The van der Waals surface area contributed by atoms with Gasteiger partial charge in [-0.15, -0.1) is 0 Å². The molecule has 0 aromatic heterocycles. The predicted octanol–water partition coefficient (Wildman–Crippen LogP) is 8.05. The number of hydrogen-bond acceptors (Lipinski definition) is 15. The Labute approximate surface area is 420 Å². The number of unbranched alkanes of at least 4 members (excludes halogenated alkanes) is 17. The maximum atomic E-state index is 13.0. The second kappa shape index (κ2) is 41.6. The van der Waals surface area contributed by atoms with Crippen LogP contribution in [0.3, 0.4) is 0 Å². The topological polar surface area (TPSA) is 231 Å². The van der Waals surface area contributed by atoms with Crippen LogP contribution in [0.15, 0.2) is 60.8 Å². The van der Waals surface area contributed by atoms with Gasteiger partial charge in [-0.05, 0) is 77.0 Å². The van der Waals surface area contributed by atoms with Crippen molar-refractivity contribution >= 4 is 11.9 Å². The first-order valence-electron chi connectivity index (χ1n) is 26.9. The van der Waals surface area contributed by atoms with Gasteiger partial charge in [0.15, 0.2) is 18.7 Å². The zero-order valence-electron chi connectivity index (χ0n) is 42.7. The highest BCUT2D eigenvalue weighted by Gasteiger charge is 2.47. The molecule has 2 aliphatic heterocycles. The SMILES string of the molecule is CCC/C=C/C/C=C/C/C=C/C/C=C/CCCCCC(=O)OC[C@@H](CO[C@@H]1O[C@H](CO[C@@H]2O[C@H](CO)[C@H](O)C(O)C2O)[C@H](O)C(O)C1O)OC(=O)CCCCCCCCC/C=C/CCCCCCCC.